The predicted octanol–water partition coefficient (Wildman–Crippen LogP) is 4.46. The second kappa shape index (κ2) is 5.28. The Bertz CT molecular complexity index is 520. The number of aryl methyl sites for hydroxylation is 2. The van der Waals surface area contributed by atoms with Crippen LogP contribution in [0.2, 0.25) is 0 Å². The first-order chi connectivity index (χ1) is 8.19. The van der Waals surface area contributed by atoms with Crippen molar-refractivity contribution >= 4 is 11.8 Å². The van der Waals surface area contributed by atoms with Gasteiger partial charge in [0, 0.05) is 9.79 Å². The topological polar surface area (TPSA) is 9.23 Å². The Balaban J connectivity index is 2.22. The molecule has 2 aromatic rings. The molecule has 88 valence electrons. The second-order valence-corrected chi connectivity index (χ2v) is 5.17. The first-order valence-corrected chi connectivity index (χ1v) is 6.40. The van der Waals surface area contributed by atoms with E-state index in [1.165, 1.54) is 20.9 Å². The van der Waals surface area contributed by atoms with Crippen molar-refractivity contribution in [1.29, 1.82) is 0 Å². The van der Waals surface area contributed by atoms with Crippen LogP contribution >= 0.6 is 11.8 Å². The summed E-state index contributed by atoms with van der Waals surface area (Å²) in [5.74, 6) is 0.902. The van der Waals surface area contributed by atoms with E-state index in [-0.39, 0.29) is 0 Å². The number of hydrogen-bond acceptors (Lipinski definition) is 2. The molecule has 0 N–H and O–H groups in total. The van der Waals surface area contributed by atoms with Gasteiger partial charge in [-0.25, -0.2) is 0 Å². The summed E-state index contributed by atoms with van der Waals surface area (Å²) in [5, 5.41) is 0. The molecule has 17 heavy (non-hydrogen) atoms. The molecular formula is C15H16OS. The van der Waals surface area contributed by atoms with Crippen LogP contribution in [-0.2, 0) is 0 Å². The summed E-state index contributed by atoms with van der Waals surface area (Å²) in [6.45, 7) is 4.28. The molecule has 2 heteroatoms. The van der Waals surface area contributed by atoms with Crippen LogP contribution in [0.4, 0.5) is 0 Å². The van der Waals surface area contributed by atoms with E-state index >= 15 is 0 Å². The molecule has 1 nitrogen and oxygen atoms in total. The Morgan fingerprint density at radius 2 is 1.65 bits per heavy atom. The molecule has 0 saturated carbocycles. The molecule has 0 aromatic heterocycles. The van der Waals surface area contributed by atoms with Crippen molar-refractivity contribution in [2.75, 3.05) is 7.11 Å². The molecule has 0 spiro atoms. The average Bonchev–Trinajstić information content (AvgIpc) is 2.34. The predicted molar refractivity (Wildman–Crippen MR) is 73.0 cm³/mol. The fourth-order valence-electron chi connectivity index (χ4n) is 1.58. The molecule has 0 bridgehead atoms. The maximum atomic E-state index is 5.22. The number of rotatable bonds is 3. The minimum absolute atomic E-state index is 0.902. The van der Waals surface area contributed by atoms with Gasteiger partial charge in [0.2, 0.25) is 0 Å². The van der Waals surface area contributed by atoms with Gasteiger partial charge >= 0.3 is 0 Å². The normalized spacial score (nSPS) is 10.3. The lowest BCUT2D eigenvalue weighted by Gasteiger charge is -2.06. The van der Waals surface area contributed by atoms with Crippen LogP contribution in [-0.4, -0.2) is 7.11 Å². The van der Waals surface area contributed by atoms with Gasteiger partial charge in [0.1, 0.15) is 5.75 Å². The van der Waals surface area contributed by atoms with Crippen molar-refractivity contribution in [3.63, 3.8) is 0 Å². The molecule has 2 aromatic carbocycles. The van der Waals surface area contributed by atoms with E-state index in [9.17, 15) is 0 Å². The standard InChI is InChI=1S/C15H16OS/c1-11-7-8-15(9-12(11)2)17-14-6-4-5-13(10-14)16-3/h4-10H,1-3H3. The van der Waals surface area contributed by atoms with Gasteiger partial charge in [-0.05, 0) is 55.3 Å². The molecule has 0 aliphatic carbocycles. The van der Waals surface area contributed by atoms with Crippen molar-refractivity contribution in [1.82, 2.24) is 0 Å². The lowest BCUT2D eigenvalue weighted by Crippen LogP contribution is -1.83. The van der Waals surface area contributed by atoms with Crippen LogP contribution < -0.4 is 4.74 Å². The number of hydrogen-bond donors (Lipinski definition) is 0. The van der Waals surface area contributed by atoms with E-state index in [1.807, 2.05) is 12.1 Å². The summed E-state index contributed by atoms with van der Waals surface area (Å²) in [6.07, 6.45) is 0. The fraction of sp³-hybridized carbons (Fsp3) is 0.200. The highest BCUT2D eigenvalue weighted by Crippen LogP contribution is 2.30. The minimum Gasteiger partial charge on any atom is -0.497 e. The zero-order chi connectivity index (χ0) is 12.3. The van der Waals surface area contributed by atoms with Crippen LogP contribution in [0, 0.1) is 13.8 Å². The summed E-state index contributed by atoms with van der Waals surface area (Å²) in [6, 6.07) is 14.7. The zero-order valence-electron chi connectivity index (χ0n) is 10.4. The van der Waals surface area contributed by atoms with Gasteiger partial charge in [-0.3, -0.25) is 0 Å². The Labute approximate surface area is 107 Å². The lowest BCUT2D eigenvalue weighted by atomic mass is 10.1. The molecule has 2 rings (SSSR count). The summed E-state index contributed by atoms with van der Waals surface area (Å²) >= 11 is 1.76. The highest BCUT2D eigenvalue weighted by molar-refractivity contribution is 7.99. The second-order valence-electron chi connectivity index (χ2n) is 4.03. The lowest BCUT2D eigenvalue weighted by molar-refractivity contribution is 0.413. The Morgan fingerprint density at radius 3 is 2.35 bits per heavy atom. The first kappa shape index (κ1) is 12.1. The van der Waals surface area contributed by atoms with E-state index in [0.29, 0.717) is 0 Å². The van der Waals surface area contributed by atoms with Crippen LogP contribution in [0.3, 0.4) is 0 Å². The summed E-state index contributed by atoms with van der Waals surface area (Å²) in [4.78, 5) is 2.47. The third kappa shape index (κ3) is 3.04. The Morgan fingerprint density at radius 1 is 0.882 bits per heavy atom. The van der Waals surface area contributed by atoms with Crippen molar-refractivity contribution in [3.8, 4) is 5.75 Å². The van der Waals surface area contributed by atoms with Crippen molar-refractivity contribution < 1.29 is 4.74 Å². The van der Waals surface area contributed by atoms with Crippen LogP contribution in [0.25, 0.3) is 0 Å². The van der Waals surface area contributed by atoms with Gasteiger partial charge in [-0.1, -0.05) is 23.9 Å². The SMILES string of the molecule is COc1cccc(Sc2ccc(C)c(C)c2)c1. The monoisotopic (exact) mass is 244 g/mol. The van der Waals surface area contributed by atoms with Gasteiger partial charge in [0.25, 0.3) is 0 Å². The summed E-state index contributed by atoms with van der Waals surface area (Å²) in [5.41, 5.74) is 2.66. The van der Waals surface area contributed by atoms with Crippen molar-refractivity contribution in [2.24, 2.45) is 0 Å². The third-order valence-corrected chi connectivity index (χ3v) is 3.73. The molecule has 0 aliphatic heterocycles. The number of ether oxygens (including phenoxy) is 1. The van der Waals surface area contributed by atoms with Gasteiger partial charge < -0.3 is 4.74 Å². The van der Waals surface area contributed by atoms with E-state index in [4.69, 9.17) is 4.74 Å². The zero-order valence-corrected chi connectivity index (χ0v) is 11.2. The fourth-order valence-corrected chi connectivity index (χ4v) is 2.54. The molecule has 0 atom stereocenters. The maximum absolute atomic E-state index is 5.22. The summed E-state index contributed by atoms with van der Waals surface area (Å²) < 4.78 is 5.22. The van der Waals surface area contributed by atoms with E-state index < -0.39 is 0 Å². The average molecular weight is 244 g/mol. The molecule has 0 amide bonds. The maximum Gasteiger partial charge on any atom is 0.119 e. The minimum atomic E-state index is 0.902. The van der Waals surface area contributed by atoms with Crippen LogP contribution in [0.1, 0.15) is 11.1 Å². The highest BCUT2D eigenvalue weighted by atomic mass is 32.2. The molecule has 0 unspecified atom stereocenters. The third-order valence-electron chi connectivity index (χ3n) is 2.76. The number of benzene rings is 2. The largest absolute Gasteiger partial charge is 0.497 e. The van der Waals surface area contributed by atoms with Gasteiger partial charge in [0.05, 0.1) is 7.11 Å². The molecule has 0 fully saturated rings. The quantitative estimate of drug-likeness (QED) is 0.788. The van der Waals surface area contributed by atoms with E-state index in [0.717, 1.165) is 5.75 Å². The van der Waals surface area contributed by atoms with Gasteiger partial charge in [0.15, 0.2) is 0 Å². The molecule has 0 radical (unpaired) electrons. The molecule has 0 heterocycles. The van der Waals surface area contributed by atoms with Gasteiger partial charge in [-0.15, -0.1) is 0 Å². The first-order valence-electron chi connectivity index (χ1n) is 5.58. The van der Waals surface area contributed by atoms with E-state index in [2.05, 4.69) is 44.2 Å². The Hall–Kier alpha value is -1.41. The van der Waals surface area contributed by atoms with Crippen LogP contribution in [0.5, 0.6) is 5.75 Å². The summed E-state index contributed by atoms with van der Waals surface area (Å²) in [7, 11) is 1.69. The molecule has 0 saturated heterocycles. The number of methoxy groups -OCH3 is 1. The van der Waals surface area contributed by atoms with E-state index in [1.54, 1.807) is 18.9 Å². The highest BCUT2D eigenvalue weighted by Gasteiger charge is 2.00. The van der Waals surface area contributed by atoms with Crippen molar-refractivity contribution in [2.45, 2.75) is 23.6 Å². The molecular weight excluding hydrogens is 228 g/mol. The molecule has 0 aliphatic rings. The van der Waals surface area contributed by atoms with Gasteiger partial charge in [-0.2, -0.15) is 0 Å². The van der Waals surface area contributed by atoms with Crippen molar-refractivity contribution in [3.05, 3.63) is 53.6 Å². The smallest absolute Gasteiger partial charge is 0.119 e. The Kier molecular flexibility index (Phi) is 3.75. The van der Waals surface area contributed by atoms with Crippen LogP contribution in [0.15, 0.2) is 52.3 Å².